The number of aliphatic carboxylic acids is 2. The summed E-state index contributed by atoms with van der Waals surface area (Å²) in [5.41, 5.74) is 1.50. The second-order valence-corrected chi connectivity index (χ2v) is 9.03. The number of halogens is 6. The van der Waals surface area contributed by atoms with Gasteiger partial charge in [-0.25, -0.2) is 14.6 Å². The number of hydrogen-bond donors (Lipinski definition) is 2. The molecule has 214 valence electrons. The minimum absolute atomic E-state index is 0.110. The predicted molar refractivity (Wildman–Crippen MR) is 119 cm³/mol. The second-order valence-electron chi connectivity index (χ2n) is 9.03. The smallest absolute Gasteiger partial charge is 0.475 e. The van der Waals surface area contributed by atoms with E-state index in [0.717, 1.165) is 50.8 Å². The van der Waals surface area contributed by atoms with Gasteiger partial charge in [0.15, 0.2) is 0 Å². The molecule has 2 atom stereocenters. The molecule has 0 radical (unpaired) electrons. The zero-order valence-corrected chi connectivity index (χ0v) is 20.5. The Bertz CT molecular complexity index is 944. The van der Waals surface area contributed by atoms with E-state index in [1.54, 1.807) is 0 Å². The molecule has 4 heterocycles. The molecule has 3 saturated heterocycles. The lowest BCUT2D eigenvalue weighted by Crippen LogP contribution is -2.41. The molecule has 3 aliphatic rings. The molecule has 9 nitrogen and oxygen atoms in total. The lowest BCUT2D eigenvalue weighted by molar-refractivity contribution is -0.193. The van der Waals surface area contributed by atoms with Crippen LogP contribution in [-0.2, 0) is 14.3 Å². The first-order chi connectivity index (χ1) is 17.6. The molecule has 0 unspecified atom stereocenters. The Morgan fingerprint density at radius 3 is 1.95 bits per heavy atom. The van der Waals surface area contributed by atoms with Gasteiger partial charge in [-0.3, -0.25) is 9.69 Å². The highest BCUT2D eigenvalue weighted by Gasteiger charge is 2.45. The van der Waals surface area contributed by atoms with Gasteiger partial charge in [-0.05, 0) is 50.7 Å². The van der Waals surface area contributed by atoms with Crippen LogP contribution in [0.5, 0.6) is 0 Å². The Morgan fingerprint density at radius 1 is 0.921 bits per heavy atom. The van der Waals surface area contributed by atoms with E-state index in [1.807, 2.05) is 25.1 Å². The van der Waals surface area contributed by atoms with Crippen molar-refractivity contribution in [2.24, 2.45) is 5.92 Å². The first kappa shape index (κ1) is 31.3. The predicted octanol–water partition coefficient (Wildman–Crippen LogP) is 3.37. The second kappa shape index (κ2) is 13.2. The van der Waals surface area contributed by atoms with Gasteiger partial charge in [0.1, 0.15) is 5.69 Å². The van der Waals surface area contributed by atoms with Crippen LogP contribution >= 0.6 is 0 Å². The number of carbonyl (C=O) groups is 3. The van der Waals surface area contributed by atoms with Crippen molar-refractivity contribution < 1.29 is 55.7 Å². The van der Waals surface area contributed by atoms with E-state index in [2.05, 4.69) is 14.8 Å². The molecule has 3 aliphatic heterocycles. The third kappa shape index (κ3) is 9.11. The molecule has 0 aliphatic carbocycles. The molecule has 2 N–H and O–H groups in total. The maximum atomic E-state index is 12.9. The summed E-state index contributed by atoms with van der Waals surface area (Å²) in [5.74, 6) is -4.64. The summed E-state index contributed by atoms with van der Waals surface area (Å²) in [6.45, 7) is 6.93. The zero-order valence-electron chi connectivity index (χ0n) is 20.5. The molecule has 1 amide bonds. The number of rotatable bonds is 3. The van der Waals surface area contributed by atoms with Gasteiger partial charge < -0.3 is 19.8 Å². The fourth-order valence-corrected chi connectivity index (χ4v) is 4.62. The van der Waals surface area contributed by atoms with Crippen LogP contribution in [0.3, 0.4) is 0 Å². The normalized spacial score (nSPS) is 22.0. The van der Waals surface area contributed by atoms with Crippen LogP contribution < -0.4 is 0 Å². The van der Waals surface area contributed by atoms with Crippen LogP contribution in [0.1, 0.15) is 41.9 Å². The Hall–Kier alpha value is -2.94. The van der Waals surface area contributed by atoms with Gasteiger partial charge in [-0.15, -0.1) is 0 Å². The summed E-state index contributed by atoms with van der Waals surface area (Å²) in [7, 11) is 0. The fraction of sp³-hybridized carbons (Fsp3) is 0.652. The van der Waals surface area contributed by atoms with Crippen molar-refractivity contribution in [2.75, 3.05) is 32.8 Å². The summed E-state index contributed by atoms with van der Waals surface area (Å²) in [4.78, 5) is 39.8. The number of fused-ring (bicyclic) bond motifs is 1. The van der Waals surface area contributed by atoms with E-state index >= 15 is 0 Å². The number of pyridine rings is 1. The van der Waals surface area contributed by atoms with E-state index in [0.29, 0.717) is 17.8 Å². The molecular formula is C23H29F6N3O6. The third-order valence-electron chi connectivity index (χ3n) is 6.38. The summed E-state index contributed by atoms with van der Waals surface area (Å²) in [6.07, 6.45) is -5.59. The highest BCUT2D eigenvalue weighted by Crippen LogP contribution is 2.34. The van der Waals surface area contributed by atoms with Crippen molar-refractivity contribution in [1.82, 2.24) is 14.8 Å². The number of amides is 1. The Balaban J connectivity index is 0.000000301. The Kier molecular flexibility index (Phi) is 10.9. The van der Waals surface area contributed by atoms with Gasteiger partial charge in [-0.1, -0.05) is 6.07 Å². The first-order valence-corrected chi connectivity index (χ1v) is 11.8. The van der Waals surface area contributed by atoms with Crippen molar-refractivity contribution in [1.29, 1.82) is 0 Å². The molecule has 3 fully saturated rings. The maximum Gasteiger partial charge on any atom is 0.490 e. The molecule has 0 saturated carbocycles. The zero-order chi connectivity index (χ0) is 28.7. The molecule has 1 aromatic rings. The van der Waals surface area contributed by atoms with Gasteiger partial charge in [0, 0.05) is 50.6 Å². The number of hydrogen-bond acceptors (Lipinski definition) is 6. The molecule has 0 aromatic carbocycles. The van der Waals surface area contributed by atoms with Gasteiger partial charge in [0.25, 0.3) is 5.91 Å². The number of nitrogens with zero attached hydrogens (tertiary/aromatic N) is 3. The van der Waals surface area contributed by atoms with E-state index in [9.17, 15) is 31.1 Å². The molecule has 15 heteroatoms. The van der Waals surface area contributed by atoms with Crippen LogP contribution in [0, 0.1) is 12.8 Å². The number of carboxylic acid groups (broad SMARTS) is 2. The summed E-state index contributed by atoms with van der Waals surface area (Å²) in [6, 6.07) is 6.63. The summed E-state index contributed by atoms with van der Waals surface area (Å²) >= 11 is 0. The fourth-order valence-electron chi connectivity index (χ4n) is 4.62. The molecule has 4 rings (SSSR count). The maximum absolute atomic E-state index is 12.9. The molecule has 1 aromatic heterocycles. The van der Waals surface area contributed by atoms with Gasteiger partial charge >= 0.3 is 24.3 Å². The highest BCUT2D eigenvalue weighted by atomic mass is 19.4. The number of ether oxygens (including phenoxy) is 1. The van der Waals surface area contributed by atoms with E-state index < -0.39 is 24.3 Å². The van der Waals surface area contributed by atoms with Crippen LogP contribution in [-0.4, -0.2) is 100 Å². The lowest BCUT2D eigenvalue weighted by atomic mass is 9.99. The van der Waals surface area contributed by atoms with E-state index in [-0.39, 0.29) is 5.91 Å². The number of aryl methyl sites for hydroxylation is 1. The van der Waals surface area contributed by atoms with Crippen LogP contribution in [0.4, 0.5) is 26.3 Å². The molecule has 0 spiro atoms. The largest absolute Gasteiger partial charge is 0.490 e. The van der Waals surface area contributed by atoms with E-state index in [1.165, 1.54) is 19.4 Å². The minimum Gasteiger partial charge on any atom is -0.475 e. The third-order valence-corrected chi connectivity index (χ3v) is 6.38. The molecule has 0 bridgehead atoms. The molecule has 38 heavy (non-hydrogen) atoms. The van der Waals surface area contributed by atoms with Crippen LogP contribution in [0.25, 0.3) is 0 Å². The van der Waals surface area contributed by atoms with Crippen LogP contribution in [0.2, 0.25) is 0 Å². The number of likely N-dealkylation sites (tertiary alicyclic amines) is 2. The van der Waals surface area contributed by atoms with Gasteiger partial charge in [0.2, 0.25) is 0 Å². The number of carboxylic acids is 2. The Morgan fingerprint density at radius 2 is 1.45 bits per heavy atom. The monoisotopic (exact) mass is 557 g/mol. The van der Waals surface area contributed by atoms with Crippen molar-refractivity contribution in [3.05, 3.63) is 29.6 Å². The summed E-state index contributed by atoms with van der Waals surface area (Å²) in [5, 5.41) is 14.2. The van der Waals surface area contributed by atoms with Crippen molar-refractivity contribution >= 4 is 17.8 Å². The molecular weight excluding hydrogens is 528 g/mol. The average Bonchev–Trinajstić information content (AvgIpc) is 3.42. The average molecular weight is 557 g/mol. The topological polar surface area (TPSA) is 120 Å². The SMILES string of the molecule is Cc1cccc(C(=O)N2CC[C@H]3[C@H]2CCN3CC2CCOCC2)n1.O=C(O)C(F)(F)F.O=C(O)C(F)(F)F. The van der Waals surface area contributed by atoms with E-state index in [4.69, 9.17) is 24.5 Å². The van der Waals surface area contributed by atoms with Crippen molar-refractivity contribution in [3.63, 3.8) is 0 Å². The minimum atomic E-state index is -5.08. The Labute approximate surface area is 214 Å². The standard InChI is InChI=1S/C19H27N3O2.2C2HF3O2/c1-14-3-2-4-16(20-14)19(23)22-10-6-17-18(22)5-9-21(17)13-15-7-11-24-12-8-15;2*3-2(4,5)1(6)7/h2-4,15,17-18H,5-13H2,1H3;2*(H,6,7)/t17-,18+;;/m0../s1. The van der Waals surface area contributed by atoms with Gasteiger partial charge in [0.05, 0.1) is 0 Å². The van der Waals surface area contributed by atoms with Gasteiger partial charge in [-0.2, -0.15) is 26.3 Å². The summed E-state index contributed by atoms with van der Waals surface area (Å²) < 4.78 is 69.0. The quantitative estimate of drug-likeness (QED) is 0.543. The first-order valence-electron chi connectivity index (χ1n) is 11.8. The number of carbonyl (C=O) groups excluding carboxylic acids is 1. The van der Waals surface area contributed by atoms with Crippen molar-refractivity contribution in [3.8, 4) is 0 Å². The number of alkyl halides is 6. The lowest BCUT2D eigenvalue weighted by Gasteiger charge is -2.30. The van der Waals surface area contributed by atoms with Crippen LogP contribution in [0.15, 0.2) is 18.2 Å². The number of aromatic nitrogens is 1. The van der Waals surface area contributed by atoms with Crippen molar-refractivity contribution in [2.45, 2.75) is 57.0 Å². The highest BCUT2D eigenvalue weighted by molar-refractivity contribution is 5.92.